The lowest BCUT2D eigenvalue weighted by Gasteiger charge is -2.20. The number of methoxy groups -OCH3 is 1. The van der Waals surface area contributed by atoms with Crippen molar-refractivity contribution in [1.82, 2.24) is 5.32 Å². The van der Waals surface area contributed by atoms with Gasteiger partial charge in [0.1, 0.15) is 6.04 Å². The maximum atomic E-state index is 11.6. The van der Waals surface area contributed by atoms with Crippen LogP contribution in [-0.4, -0.2) is 31.6 Å². The molecule has 5 heteroatoms. The summed E-state index contributed by atoms with van der Waals surface area (Å²) in [6.07, 6.45) is 0.330. The fraction of sp³-hybridized carbons (Fsp3) is 0.818. The number of esters is 1. The molecule has 3 N–H and O–H groups in total. The Kier molecular flexibility index (Phi) is 6.72. The number of nitrogens with one attached hydrogen (secondary N) is 1. The summed E-state index contributed by atoms with van der Waals surface area (Å²) in [7, 11) is 1.31. The van der Waals surface area contributed by atoms with Crippen LogP contribution in [0.1, 0.15) is 27.2 Å². The fourth-order valence-electron chi connectivity index (χ4n) is 1.26. The molecule has 16 heavy (non-hydrogen) atoms. The van der Waals surface area contributed by atoms with Crippen molar-refractivity contribution in [2.24, 2.45) is 17.6 Å². The first kappa shape index (κ1) is 14.9. The summed E-state index contributed by atoms with van der Waals surface area (Å²) in [4.78, 5) is 23.0. The van der Waals surface area contributed by atoms with Gasteiger partial charge < -0.3 is 15.8 Å². The van der Waals surface area contributed by atoms with E-state index in [-0.39, 0.29) is 17.7 Å². The van der Waals surface area contributed by atoms with Crippen molar-refractivity contribution in [2.75, 3.05) is 13.7 Å². The first-order valence-corrected chi connectivity index (χ1v) is 5.49. The van der Waals surface area contributed by atoms with Crippen molar-refractivity contribution in [3.8, 4) is 0 Å². The molecular formula is C11H22N2O3. The molecule has 0 aromatic rings. The van der Waals surface area contributed by atoms with E-state index in [1.54, 1.807) is 0 Å². The molecule has 0 aliphatic rings. The Labute approximate surface area is 96.7 Å². The average Bonchev–Trinajstić information content (AvgIpc) is 2.24. The van der Waals surface area contributed by atoms with Crippen molar-refractivity contribution >= 4 is 11.9 Å². The van der Waals surface area contributed by atoms with Gasteiger partial charge in [-0.25, -0.2) is 4.79 Å². The van der Waals surface area contributed by atoms with Crippen LogP contribution < -0.4 is 11.1 Å². The van der Waals surface area contributed by atoms with Crippen molar-refractivity contribution in [1.29, 1.82) is 0 Å². The number of carbonyl (C=O) groups excluding carboxylic acids is 2. The number of amides is 1. The van der Waals surface area contributed by atoms with E-state index in [1.807, 2.05) is 20.8 Å². The standard InChI is InChI=1S/C11H22N2O3/c1-7(2)10(11(15)16-4)13-9(14)5-8(3)6-12/h7-8,10H,5-6,12H2,1-4H3,(H,13,14). The molecule has 0 aromatic heterocycles. The van der Waals surface area contributed by atoms with E-state index < -0.39 is 12.0 Å². The summed E-state index contributed by atoms with van der Waals surface area (Å²) >= 11 is 0. The fourth-order valence-corrected chi connectivity index (χ4v) is 1.26. The third kappa shape index (κ3) is 5.11. The van der Waals surface area contributed by atoms with Gasteiger partial charge in [0, 0.05) is 6.42 Å². The third-order valence-electron chi connectivity index (χ3n) is 2.37. The summed E-state index contributed by atoms with van der Waals surface area (Å²) in [6.45, 7) is 6.06. The summed E-state index contributed by atoms with van der Waals surface area (Å²) in [5.41, 5.74) is 5.43. The molecule has 1 amide bonds. The molecule has 0 spiro atoms. The van der Waals surface area contributed by atoms with Crippen molar-refractivity contribution < 1.29 is 14.3 Å². The van der Waals surface area contributed by atoms with Gasteiger partial charge in [-0.3, -0.25) is 4.79 Å². The van der Waals surface area contributed by atoms with E-state index in [1.165, 1.54) is 7.11 Å². The van der Waals surface area contributed by atoms with Crippen LogP contribution in [0.5, 0.6) is 0 Å². The van der Waals surface area contributed by atoms with Gasteiger partial charge in [0.25, 0.3) is 0 Å². The highest BCUT2D eigenvalue weighted by Crippen LogP contribution is 2.05. The largest absolute Gasteiger partial charge is 0.467 e. The van der Waals surface area contributed by atoms with E-state index in [0.29, 0.717) is 13.0 Å². The Morgan fingerprint density at radius 3 is 2.25 bits per heavy atom. The van der Waals surface area contributed by atoms with Crippen LogP contribution in [0.15, 0.2) is 0 Å². The molecule has 5 nitrogen and oxygen atoms in total. The van der Waals surface area contributed by atoms with E-state index in [2.05, 4.69) is 10.1 Å². The lowest BCUT2D eigenvalue weighted by atomic mass is 10.0. The summed E-state index contributed by atoms with van der Waals surface area (Å²) < 4.78 is 4.63. The van der Waals surface area contributed by atoms with Crippen LogP contribution in [0.2, 0.25) is 0 Å². The summed E-state index contributed by atoms with van der Waals surface area (Å²) in [5, 5.41) is 2.66. The van der Waals surface area contributed by atoms with E-state index in [9.17, 15) is 9.59 Å². The second-order valence-electron chi connectivity index (χ2n) is 4.36. The minimum Gasteiger partial charge on any atom is -0.467 e. The van der Waals surface area contributed by atoms with Gasteiger partial charge in [0.15, 0.2) is 0 Å². The smallest absolute Gasteiger partial charge is 0.328 e. The number of carbonyl (C=O) groups is 2. The molecule has 2 unspecified atom stereocenters. The number of rotatable bonds is 6. The Balaban J connectivity index is 4.30. The van der Waals surface area contributed by atoms with E-state index in [0.717, 1.165) is 0 Å². The Bertz CT molecular complexity index is 241. The maximum Gasteiger partial charge on any atom is 0.328 e. The predicted octanol–water partition coefficient (Wildman–Crippen LogP) is 0.285. The van der Waals surface area contributed by atoms with E-state index in [4.69, 9.17) is 5.73 Å². The van der Waals surface area contributed by atoms with Gasteiger partial charge >= 0.3 is 5.97 Å². The molecule has 0 radical (unpaired) electrons. The highest BCUT2D eigenvalue weighted by atomic mass is 16.5. The SMILES string of the molecule is COC(=O)C(NC(=O)CC(C)CN)C(C)C. The van der Waals surface area contributed by atoms with Crippen molar-refractivity contribution in [3.05, 3.63) is 0 Å². The Morgan fingerprint density at radius 1 is 1.31 bits per heavy atom. The van der Waals surface area contributed by atoms with Gasteiger partial charge in [0.05, 0.1) is 7.11 Å². The lowest BCUT2D eigenvalue weighted by Crippen LogP contribution is -2.45. The number of ether oxygens (including phenoxy) is 1. The normalized spacial score (nSPS) is 14.4. The number of hydrogen-bond acceptors (Lipinski definition) is 4. The molecule has 0 rings (SSSR count). The second-order valence-corrected chi connectivity index (χ2v) is 4.36. The molecule has 0 bridgehead atoms. The Hall–Kier alpha value is -1.10. The molecule has 94 valence electrons. The van der Waals surface area contributed by atoms with Gasteiger partial charge in [-0.15, -0.1) is 0 Å². The number of nitrogens with two attached hydrogens (primary N) is 1. The molecule has 0 fully saturated rings. The zero-order valence-electron chi connectivity index (χ0n) is 10.4. The first-order chi connectivity index (χ1) is 7.42. The van der Waals surface area contributed by atoms with Crippen LogP contribution in [0.25, 0.3) is 0 Å². The molecule has 2 atom stereocenters. The van der Waals surface area contributed by atoms with Gasteiger partial charge in [-0.2, -0.15) is 0 Å². The van der Waals surface area contributed by atoms with Crippen LogP contribution in [0, 0.1) is 11.8 Å². The summed E-state index contributed by atoms with van der Waals surface area (Å²) in [5.74, 6) is -0.458. The van der Waals surface area contributed by atoms with Gasteiger partial charge in [-0.05, 0) is 18.4 Å². The first-order valence-electron chi connectivity index (χ1n) is 5.49. The molecule has 0 heterocycles. The lowest BCUT2D eigenvalue weighted by molar-refractivity contribution is -0.146. The maximum absolute atomic E-state index is 11.6. The highest BCUT2D eigenvalue weighted by molar-refractivity contribution is 5.84. The second kappa shape index (κ2) is 7.22. The van der Waals surface area contributed by atoms with Crippen LogP contribution in [-0.2, 0) is 14.3 Å². The Morgan fingerprint density at radius 2 is 1.88 bits per heavy atom. The molecule has 0 aromatic carbocycles. The quantitative estimate of drug-likeness (QED) is 0.642. The molecule has 0 aliphatic heterocycles. The van der Waals surface area contributed by atoms with Crippen LogP contribution in [0.3, 0.4) is 0 Å². The molecular weight excluding hydrogens is 208 g/mol. The topological polar surface area (TPSA) is 81.4 Å². The number of hydrogen-bond donors (Lipinski definition) is 2. The monoisotopic (exact) mass is 230 g/mol. The molecule has 0 aliphatic carbocycles. The van der Waals surface area contributed by atoms with Gasteiger partial charge in [-0.1, -0.05) is 20.8 Å². The highest BCUT2D eigenvalue weighted by Gasteiger charge is 2.25. The zero-order chi connectivity index (χ0) is 12.7. The minimum atomic E-state index is -0.581. The minimum absolute atomic E-state index is 0.00424. The molecule has 0 saturated heterocycles. The van der Waals surface area contributed by atoms with Crippen LogP contribution in [0.4, 0.5) is 0 Å². The average molecular weight is 230 g/mol. The predicted molar refractivity (Wildman–Crippen MR) is 61.6 cm³/mol. The van der Waals surface area contributed by atoms with Gasteiger partial charge in [0.2, 0.25) is 5.91 Å². The zero-order valence-corrected chi connectivity index (χ0v) is 10.4. The van der Waals surface area contributed by atoms with Crippen molar-refractivity contribution in [2.45, 2.75) is 33.2 Å². The van der Waals surface area contributed by atoms with E-state index >= 15 is 0 Å². The molecule has 0 saturated carbocycles. The van der Waals surface area contributed by atoms with Crippen molar-refractivity contribution in [3.63, 3.8) is 0 Å². The van der Waals surface area contributed by atoms with Crippen LogP contribution >= 0.6 is 0 Å². The summed E-state index contributed by atoms with van der Waals surface area (Å²) in [6, 6.07) is -0.581. The third-order valence-corrected chi connectivity index (χ3v) is 2.37.